The van der Waals surface area contributed by atoms with Crippen LogP contribution in [0, 0.1) is 0 Å². The van der Waals surface area contributed by atoms with Crippen molar-refractivity contribution in [3.05, 3.63) is 67.6 Å². The Morgan fingerprint density at radius 2 is 1.53 bits per heavy atom. The summed E-state index contributed by atoms with van der Waals surface area (Å²) < 4.78 is 1.99. The van der Waals surface area contributed by atoms with Crippen LogP contribution in [0.15, 0.2) is 51.4 Å². The third kappa shape index (κ3) is 3.10. The van der Waals surface area contributed by atoms with Gasteiger partial charge in [0, 0.05) is 14.0 Å². The Bertz CT molecular complexity index is 525. The summed E-state index contributed by atoms with van der Waals surface area (Å²) in [5, 5.41) is 0.676. The van der Waals surface area contributed by atoms with E-state index in [1.54, 1.807) is 0 Å². The van der Waals surface area contributed by atoms with E-state index < -0.39 is 0 Å². The summed E-state index contributed by atoms with van der Waals surface area (Å²) in [5.74, 6) is 0. The highest BCUT2D eigenvalue weighted by molar-refractivity contribution is 9.10. The lowest BCUT2D eigenvalue weighted by Gasteiger charge is -2.14. The van der Waals surface area contributed by atoms with Gasteiger partial charge in [0.25, 0.3) is 0 Å². The van der Waals surface area contributed by atoms with Crippen molar-refractivity contribution in [1.29, 1.82) is 0 Å². The molecule has 1 nitrogen and oxygen atoms in total. The van der Waals surface area contributed by atoms with Gasteiger partial charge in [-0.2, -0.15) is 0 Å². The lowest BCUT2D eigenvalue weighted by Crippen LogP contribution is -2.12. The van der Waals surface area contributed by atoms with Crippen LogP contribution < -0.4 is 5.73 Å². The molecule has 0 heterocycles. The normalized spacial score (nSPS) is 12.5. The number of halogens is 3. The van der Waals surface area contributed by atoms with Gasteiger partial charge in [-0.05, 0) is 35.4 Å². The van der Waals surface area contributed by atoms with Crippen LogP contribution >= 0.6 is 43.5 Å². The highest BCUT2D eigenvalue weighted by Gasteiger charge is 2.12. The molecule has 2 aromatic rings. The van der Waals surface area contributed by atoms with Gasteiger partial charge in [0.1, 0.15) is 0 Å². The molecule has 0 amide bonds. The molecule has 0 bridgehead atoms. The molecular formula is C13H10Br2ClN. The molecule has 2 N–H and O–H groups in total. The Morgan fingerprint density at radius 3 is 2.12 bits per heavy atom. The average molecular weight is 375 g/mol. The van der Waals surface area contributed by atoms with Crippen molar-refractivity contribution in [3.63, 3.8) is 0 Å². The van der Waals surface area contributed by atoms with Gasteiger partial charge in [0.2, 0.25) is 0 Å². The second-order valence-corrected chi connectivity index (χ2v) is 5.93. The first-order valence-corrected chi connectivity index (χ1v) is 7.00. The van der Waals surface area contributed by atoms with Crippen molar-refractivity contribution in [2.75, 3.05) is 0 Å². The summed E-state index contributed by atoms with van der Waals surface area (Å²) in [7, 11) is 0. The predicted octanol–water partition coefficient (Wildman–Crippen LogP) is 4.91. The predicted molar refractivity (Wildman–Crippen MR) is 79.3 cm³/mol. The van der Waals surface area contributed by atoms with Crippen molar-refractivity contribution in [2.24, 2.45) is 5.73 Å². The Kier molecular flexibility index (Phi) is 4.26. The zero-order valence-electron chi connectivity index (χ0n) is 8.83. The second-order valence-electron chi connectivity index (χ2n) is 3.70. The van der Waals surface area contributed by atoms with Gasteiger partial charge in [-0.1, -0.05) is 61.7 Å². The quantitative estimate of drug-likeness (QED) is 0.793. The number of benzene rings is 2. The standard InChI is InChI=1S/C13H10Br2ClN/c14-9-3-1-8(2-4-9)13(17)11-6-5-10(15)7-12(11)16/h1-7,13H,17H2. The molecule has 0 aromatic heterocycles. The zero-order chi connectivity index (χ0) is 12.4. The maximum Gasteiger partial charge on any atom is 0.0566 e. The molecule has 0 aliphatic heterocycles. The third-order valence-electron chi connectivity index (χ3n) is 2.53. The monoisotopic (exact) mass is 373 g/mol. The van der Waals surface area contributed by atoms with Crippen LogP contribution in [0.3, 0.4) is 0 Å². The zero-order valence-corrected chi connectivity index (χ0v) is 12.8. The van der Waals surface area contributed by atoms with Crippen LogP contribution in [0.2, 0.25) is 5.02 Å². The van der Waals surface area contributed by atoms with Crippen molar-refractivity contribution in [3.8, 4) is 0 Å². The molecule has 0 fully saturated rings. The molecule has 2 rings (SSSR count). The van der Waals surface area contributed by atoms with E-state index in [4.69, 9.17) is 17.3 Å². The molecule has 0 aliphatic rings. The van der Waals surface area contributed by atoms with Crippen LogP contribution in [0.4, 0.5) is 0 Å². The minimum absolute atomic E-state index is 0.205. The lowest BCUT2D eigenvalue weighted by atomic mass is 10.00. The van der Waals surface area contributed by atoms with E-state index >= 15 is 0 Å². The minimum atomic E-state index is -0.205. The van der Waals surface area contributed by atoms with Gasteiger partial charge in [0.15, 0.2) is 0 Å². The van der Waals surface area contributed by atoms with Gasteiger partial charge in [-0.25, -0.2) is 0 Å². The molecule has 0 saturated heterocycles. The van der Waals surface area contributed by atoms with E-state index in [2.05, 4.69) is 31.9 Å². The molecule has 0 saturated carbocycles. The van der Waals surface area contributed by atoms with Crippen LogP contribution in [0.25, 0.3) is 0 Å². The Hall–Kier alpha value is -0.350. The third-order valence-corrected chi connectivity index (χ3v) is 3.88. The van der Waals surface area contributed by atoms with Gasteiger partial charge in [0.05, 0.1) is 6.04 Å². The highest BCUT2D eigenvalue weighted by Crippen LogP contribution is 2.29. The van der Waals surface area contributed by atoms with Crippen molar-refractivity contribution in [1.82, 2.24) is 0 Å². The SMILES string of the molecule is NC(c1ccc(Br)cc1)c1ccc(Br)cc1Cl. The molecule has 4 heteroatoms. The van der Waals surface area contributed by atoms with Crippen LogP contribution in [0.5, 0.6) is 0 Å². The van der Waals surface area contributed by atoms with E-state index in [0.717, 1.165) is 20.1 Å². The van der Waals surface area contributed by atoms with E-state index in [9.17, 15) is 0 Å². The fourth-order valence-corrected chi connectivity index (χ4v) is 2.66. The number of hydrogen-bond acceptors (Lipinski definition) is 1. The van der Waals surface area contributed by atoms with Crippen LogP contribution in [-0.2, 0) is 0 Å². The molecule has 0 spiro atoms. The smallest absolute Gasteiger partial charge is 0.0566 e. The topological polar surface area (TPSA) is 26.0 Å². The van der Waals surface area contributed by atoms with E-state index in [1.807, 2.05) is 42.5 Å². The average Bonchev–Trinajstić information content (AvgIpc) is 2.29. The van der Waals surface area contributed by atoms with Gasteiger partial charge in [-0.3, -0.25) is 0 Å². The first-order chi connectivity index (χ1) is 8.08. The van der Waals surface area contributed by atoms with Crippen molar-refractivity contribution in [2.45, 2.75) is 6.04 Å². The summed E-state index contributed by atoms with van der Waals surface area (Å²) in [6.45, 7) is 0. The number of hydrogen-bond donors (Lipinski definition) is 1. The van der Waals surface area contributed by atoms with E-state index in [1.165, 1.54) is 0 Å². The summed E-state index contributed by atoms with van der Waals surface area (Å²) in [5.41, 5.74) is 8.17. The maximum atomic E-state index is 6.20. The molecular weight excluding hydrogens is 365 g/mol. The Morgan fingerprint density at radius 1 is 0.941 bits per heavy atom. The largest absolute Gasteiger partial charge is 0.320 e. The van der Waals surface area contributed by atoms with Gasteiger partial charge < -0.3 is 5.73 Å². The molecule has 2 aromatic carbocycles. The van der Waals surface area contributed by atoms with Gasteiger partial charge in [-0.15, -0.1) is 0 Å². The highest BCUT2D eigenvalue weighted by atomic mass is 79.9. The van der Waals surface area contributed by atoms with Crippen molar-refractivity contribution >= 4 is 43.5 Å². The molecule has 0 radical (unpaired) electrons. The second kappa shape index (κ2) is 5.53. The summed E-state index contributed by atoms with van der Waals surface area (Å²) in [6.07, 6.45) is 0. The first kappa shape index (κ1) is 13.1. The van der Waals surface area contributed by atoms with E-state index in [0.29, 0.717) is 5.02 Å². The summed E-state index contributed by atoms with van der Waals surface area (Å²) in [6, 6.07) is 13.5. The molecule has 1 atom stereocenters. The maximum absolute atomic E-state index is 6.20. The van der Waals surface area contributed by atoms with Gasteiger partial charge >= 0.3 is 0 Å². The Balaban J connectivity index is 2.36. The molecule has 1 unspecified atom stereocenters. The lowest BCUT2D eigenvalue weighted by molar-refractivity contribution is 0.871. The van der Waals surface area contributed by atoms with E-state index in [-0.39, 0.29) is 6.04 Å². The van der Waals surface area contributed by atoms with Crippen LogP contribution in [-0.4, -0.2) is 0 Å². The van der Waals surface area contributed by atoms with Crippen molar-refractivity contribution < 1.29 is 0 Å². The number of nitrogens with two attached hydrogens (primary N) is 1. The summed E-state index contributed by atoms with van der Waals surface area (Å²) in [4.78, 5) is 0. The molecule has 88 valence electrons. The fraction of sp³-hybridized carbons (Fsp3) is 0.0769. The fourth-order valence-electron chi connectivity index (χ4n) is 1.60. The Labute approximate surface area is 122 Å². The number of rotatable bonds is 2. The minimum Gasteiger partial charge on any atom is -0.320 e. The summed E-state index contributed by atoms with van der Waals surface area (Å²) >= 11 is 13.0. The van der Waals surface area contributed by atoms with Crippen LogP contribution in [0.1, 0.15) is 17.2 Å². The first-order valence-electron chi connectivity index (χ1n) is 5.04. The molecule has 17 heavy (non-hydrogen) atoms. The molecule has 0 aliphatic carbocycles.